The molecule has 0 aromatic heterocycles. The SMILES string of the molecule is C=CCOC(C)CNCc1c(F)cccc1F. The molecule has 0 saturated carbocycles. The number of hydrogen-bond acceptors (Lipinski definition) is 2. The summed E-state index contributed by atoms with van der Waals surface area (Å²) < 4.78 is 31.8. The first-order chi connectivity index (χ1) is 8.15. The highest BCUT2D eigenvalue weighted by molar-refractivity contribution is 5.19. The smallest absolute Gasteiger partial charge is 0.130 e. The molecule has 0 aliphatic rings. The van der Waals surface area contributed by atoms with E-state index >= 15 is 0 Å². The maximum Gasteiger partial charge on any atom is 0.130 e. The molecule has 0 aliphatic carbocycles. The van der Waals surface area contributed by atoms with E-state index in [1.54, 1.807) is 6.08 Å². The Balaban J connectivity index is 2.38. The Morgan fingerprint density at radius 1 is 1.41 bits per heavy atom. The predicted octanol–water partition coefficient (Wildman–Crippen LogP) is 2.65. The van der Waals surface area contributed by atoms with Crippen molar-refractivity contribution in [3.63, 3.8) is 0 Å². The first-order valence-electron chi connectivity index (χ1n) is 5.51. The first-order valence-corrected chi connectivity index (χ1v) is 5.51. The van der Waals surface area contributed by atoms with Crippen molar-refractivity contribution in [1.29, 1.82) is 0 Å². The molecule has 0 bridgehead atoms. The molecular weight excluding hydrogens is 224 g/mol. The molecule has 1 atom stereocenters. The van der Waals surface area contributed by atoms with Crippen LogP contribution in [0.15, 0.2) is 30.9 Å². The summed E-state index contributed by atoms with van der Waals surface area (Å²) in [7, 11) is 0. The second-order valence-corrected chi connectivity index (χ2v) is 3.76. The third-order valence-electron chi connectivity index (χ3n) is 2.29. The van der Waals surface area contributed by atoms with Crippen LogP contribution < -0.4 is 5.32 Å². The molecule has 1 aromatic rings. The van der Waals surface area contributed by atoms with Crippen molar-refractivity contribution in [1.82, 2.24) is 5.32 Å². The number of halogens is 2. The summed E-state index contributed by atoms with van der Waals surface area (Å²) >= 11 is 0. The Labute approximate surface area is 100 Å². The van der Waals surface area contributed by atoms with Gasteiger partial charge in [0, 0.05) is 18.7 Å². The summed E-state index contributed by atoms with van der Waals surface area (Å²) in [6.07, 6.45) is 1.63. The lowest BCUT2D eigenvalue weighted by atomic mass is 10.2. The minimum Gasteiger partial charge on any atom is -0.373 e. The lowest BCUT2D eigenvalue weighted by Crippen LogP contribution is -2.27. The highest BCUT2D eigenvalue weighted by atomic mass is 19.1. The van der Waals surface area contributed by atoms with Crippen LogP contribution in [0.25, 0.3) is 0 Å². The van der Waals surface area contributed by atoms with Gasteiger partial charge >= 0.3 is 0 Å². The zero-order valence-electron chi connectivity index (χ0n) is 9.88. The van der Waals surface area contributed by atoms with E-state index in [0.29, 0.717) is 13.2 Å². The summed E-state index contributed by atoms with van der Waals surface area (Å²) in [6, 6.07) is 3.85. The second-order valence-electron chi connectivity index (χ2n) is 3.76. The maximum atomic E-state index is 13.3. The Bertz CT molecular complexity index is 348. The maximum absolute atomic E-state index is 13.3. The van der Waals surface area contributed by atoms with Crippen LogP contribution in [0, 0.1) is 11.6 Å². The van der Waals surface area contributed by atoms with Gasteiger partial charge in [-0.1, -0.05) is 12.1 Å². The van der Waals surface area contributed by atoms with Crippen molar-refractivity contribution in [2.45, 2.75) is 19.6 Å². The summed E-state index contributed by atoms with van der Waals surface area (Å²) in [5.74, 6) is -1.06. The van der Waals surface area contributed by atoms with Crippen molar-refractivity contribution in [2.75, 3.05) is 13.2 Å². The lowest BCUT2D eigenvalue weighted by Gasteiger charge is -2.13. The molecule has 2 nitrogen and oxygen atoms in total. The molecule has 0 heterocycles. The van der Waals surface area contributed by atoms with Crippen molar-refractivity contribution in [3.05, 3.63) is 48.1 Å². The fourth-order valence-electron chi connectivity index (χ4n) is 1.39. The molecule has 1 aromatic carbocycles. The van der Waals surface area contributed by atoms with Gasteiger partial charge in [0.2, 0.25) is 0 Å². The summed E-state index contributed by atoms with van der Waals surface area (Å²) in [6.45, 7) is 6.57. The molecule has 4 heteroatoms. The molecule has 0 radical (unpaired) electrons. The van der Waals surface area contributed by atoms with Crippen molar-refractivity contribution < 1.29 is 13.5 Å². The molecule has 17 heavy (non-hydrogen) atoms. The summed E-state index contributed by atoms with van der Waals surface area (Å²) in [5, 5.41) is 2.95. The van der Waals surface area contributed by atoms with Crippen molar-refractivity contribution in [2.24, 2.45) is 0 Å². The van der Waals surface area contributed by atoms with E-state index in [1.165, 1.54) is 18.2 Å². The Morgan fingerprint density at radius 3 is 2.65 bits per heavy atom. The van der Waals surface area contributed by atoms with Gasteiger partial charge in [-0.3, -0.25) is 0 Å². The number of benzene rings is 1. The topological polar surface area (TPSA) is 21.3 Å². The van der Waals surface area contributed by atoms with Gasteiger partial charge in [0.15, 0.2) is 0 Å². The van der Waals surface area contributed by atoms with Crippen LogP contribution in [0.1, 0.15) is 12.5 Å². The van der Waals surface area contributed by atoms with Gasteiger partial charge in [-0.05, 0) is 19.1 Å². The van der Waals surface area contributed by atoms with Crippen molar-refractivity contribution in [3.8, 4) is 0 Å². The van der Waals surface area contributed by atoms with Crippen LogP contribution in [0.4, 0.5) is 8.78 Å². The second kappa shape index (κ2) is 7.14. The predicted molar refractivity (Wildman–Crippen MR) is 63.7 cm³/mol. The van der Waals surface area contributed by atoms with Gasteiger partial charge < -0.3 is 10.1 Å². The van der Waals surface area contributed by atoms with E-state index in [2.05, 4.69) is 11.9 Å². The molecule has 0 saturated heterocycles. The molecule has 1 N–H and O–H groups in total. The standard InChI is InChI=1S/C13H17F2NO/c1-3-7-17-10(2)8-16-9-11-12(14)5-4-6-13(11)15/h3-6,10,16H,1,7-9H2,2H3. The zero-order valence-corrected chi connectivity index (χ0v) is 9.88. The van der Waals surface area contributed by atoms with Crippen LogP contribution in [0.3, 0.4) is 0 Å². The van der Waals surface area contributed by atoms with Crippen LogP contribution in [-0.2, 0) is 11.3 Å². The normalized spacial score (nSPS) is 12.4. The number of nitrogens with one attached hydrogen (secondary N) is 1. The third-order valence-corrected chi connectivity index (χ3v) is 2.29. The van der Waals surface area contributed by atoms with Gasteiger partial charge in [0.05, 0.1) is 12.7 Å². The average Bonchev–Trinajstić information content (AvgIpc) is 2.30. The molecular formula is C13H17F2NO. The quantitative estimate of drug-likeness (QED) is 0.741. The van der Waals surface area contributed by atoms with Gasteiger partial charge in [0.25, 0.3) is 0 Å². The van der Waals surface area contributed by atoms with Crippen LogP contribution in [0.2, 0.25) is 0 Å². The Morgan fingerprint density at radius 2 is 2.06 bits per heavy atom. The van der Waals surface area contributed by atoms with E-state index in [0.717, 1.165) is 0 Å². The minimum atomic E-state index is -0.530. The van der Waals surface area contributed by atoms with Crippen LogP contribution in [0.5, 0.6) is 0 Å². The van der Waals surface area contributed by atoms with Gasteiger partial charge in [0.1, 0.15) is 11.6 Å². The van der Waals surface area contributed by atoms with Crippen LogP contribution in [-0.4, -0.2) is 19.3 Å². The largest absolute Gasteiger partial charge is 0.373 e. The van der Waals surface area contributed by atoms with E-state index in [1.807, 2.05) is 6.92 Å². The van der Waals surface area contributed by atoms with Gasteiger partial charge in [-0.15, -0.1) is 6.58 Å². The molecule has 0 fully saturated rings. The summed E-state index contributed by atoms with van der Waals surface area (Å²) in [4.78, 5) is 0. The minimum absolute atomic E-state index is 0.0252. The van der Waals surface area contributed by atoms with E-state index in [9.17, 15) is 8.78 Å². The number of rotatable bonds is 7. The average molecular weight is 241 g/mol. The fraction of sp³-hybridized carbons (Fsp3) is 0.385. The first kappa shape index (κ1) is 13.8. The molecule has 1 unspecified atom stereocenters. The number of hydrogen-bond donors (Lipinski definition) is 1. The van der Waals surface area contributed by atoms with Gasteiger partial charge in [-0.25, -0.2) is 8.78 Å². The molecule has 1 rings (SSSR count). The van der Waals surface area contributed by atoms with Gasteiger partial charge in [-0.2, -0.15) is 0 Å². The van der Waals surface area contributed by atoms with Crippen LogP contribution >= 0.6 is 0 Å². The fourth-order valence-corrected chi connectivity index (χ4v) is 1.39. The Kier molecular flexibility index (Phi) is 5.80. The monoisotopic (exact) mass is 241 g/mol. The van der Waals surface area contributed by atoms with Crippen molar-refractivity contribution >= 4 is 0 Å². The molecule has 94 valence electrons. The summed E-state index contributed by atoms with van der Waals surface area (Å²) in [5.41, 5.74) is 0.0587. The highest BCUT2D eigenvalue weighted by Gasteiger charge is 2.08. The third kappa shape index (κ3) is 4.63. The zero-order chi connectivity index (χ0) is 12.7. The molecule has 0 spiro atoms. The highest BCUT2D eigenvalue weighted by Crippen LogP contribution is 2.11. The molecule has 0 amide bonds. The number of ether oxygens (including phenoxy) is 1. The molecule has 0 aliphatic heterocycles. The lowest BCUT2D eigenvalue weighted by molar-refractivity contribution is 0.0876. The Hall–Kier alpha value is -1.26. The van der Waals surface area contributed by atoms with E-state index in [-0.39, 0.29) is 18.2 Å². The van der Waals surface area contributed by atoms with E-state index < -0.39 is 11.6 Å². The van der Waals surface area contributed by atoms with E-state index in [4.69, 9.17) is 4.74 Å².